The van der Waals surface area contributed by atoms with Crippen LogP contribution in [0.4, 0.5) is 0 Å². The molecule has 3 heteroatoms. The fourth-order valence-electron chi connectivity index (χ4n) is 1.03. The van der Waals surface area contributed by atoms with Crippen molar-refractivity contribution in [2.45, 2.75) is 46.6 Å². The van der Waals surface area contributed by atoms with Gasteiger partial charge >= 0.3 is 0 Å². The van der Waals surface area contributed by atoms with Crippen molar-refractivity contribution < 1.29 is 4.74 Å². The van der Waals surface area contributed by atoms with E-state index in [-0.39, 0.29) is 0 Å². The Morgan fingerprint density at radius 2 is 1.36 bits per heavy atom. The van der Waals surface area contributed by atoms with Crippen LogP contribution in [0.3, 0.4) is 0 Å². The molecule has 0 amide bonds. The summed E-state index contributed by atoms with van der Waals surface area (Å²) in [5.74, 6) is 0. The van der Waals surface area contributed by atoms with Crippen molar-refractivity contribution >= 4 is 0 Å². The molecule has 0 radical (unpaired) electrons. The first-order valence-electron chi connectivity index (χ1n) is 5.74. The van der Waals surface area contributed by atoms with Gasteiger partial charge in [-0.05, 0) is 33.0 Å². The molecule has 3 nitrogen and oxygen atoms in total. The van der Waals surface area contributed by atoms with Gasteiger partial charge in [0.1, 0.15) is 0 Å². The number of methoxy groups -OCH3 is 1. The van der Waals surface area contributed by atoms with Crippen molar-refractivity contribution in [3.05, 3.63) is 0 Å². The normalized spacial score (nSPS) is 14.8. The van der Waals surface area contributed by atoms with Gasteiger partial charge in [0.15, 0.2) is 0 Å². The van der Waals surface area contributed by atoms with E-state index >= 15 is 0 Å². The Labute approximate surface area is 90.4 Å². The summed E-state index contributed by atoms with van der Waals surface area (Å²) in [6.07, 6.45) is 2.88. The molecule has 1 aliphatic rings. The highest BCUT2D eigenvalue weighted by Crippen LogP contribution is 2.04. The molecule has 0 aromatic heterocycles. The van der Waals surface area contributed by atoms with Gasteiger partial charge in [-0.2, -0.15) is 0 Å². The summed E-state index contributed by atoms with van der Waals surface area (Å²) in [5, 5.41) is 3.27. The predicted octanol–water partition coefficient (Wildman–Crippen LogP) is 2.01. The number of piperidine rings is 1. The minimum absolute atomic E-state index is 0.524. The average Bonchev–Trinajstić information content (AvgIpc) is 2.37. The topological polar surface area (TPSA) is 47.3 Å². The number of hydrogen-bond donors (Lipinski definition) is 2. The van der Waals surface area contributed by atoms with Crippen molar-refractivity contribution in [2.75, 3.05) is 27.2 Å². The summed E-state index contributed by atoms with van der Waals surface area (Å²) in [5.41, 5.74) is 4.50. The Morgan fingerprint density at radius 1 is 1.00 bits per heavy atom. The van der Waals surface area contributed by atoms with Crippen LogP contribution in [0.2, 0.25) is 0 Å². The summed E-state index contributed by atoms with van der Waals surface area (Å²) < 4.78 is 5.15. The van der Waals surface area contributed by atoms with E-state index < -0.39 is 0 Å². The molecule has 0 atom stereocenters. The lowest BCUT2D eigenvalue weighted by Gasteiger charge is -2.20. The highest BCUT2D eigenvalue weighted by molar-refractivity contribution is 4.66. The summed E-state index contributed by atoms with van der Waals surface area (Å²) in [4.78, 5) is 0. The Balaban J connectivity index is -0.000000174. The monoisotopic (exact) mass is 206 g/mol. The van der Waals surface area contributed by atoms with E-state index in [9.17, 15) is 0 Å². The molecular weight excluding hydrogens is 176 g/mol. The minimum Gasteiger partial charge on any atom is -0.381 e. The van der Waals surface area contributed by atoms with Crippen molar-refractivity contribution in [3.63, 3.8) is 0 Å². The zero-order valence-corrected chi connectivity index (χ0v) is 10.9. The van der Waals surface area contributed by atoms with E-state index in [1.807, 2.05) is 27.7 Å². The quantitative estimate of drug-likeness (QED) is 0.690. The Bertz CT molecular complexity index is 64.3. The fraction of sp³-hybridized carbons (Fsp3) is 1.00. The van der Waals surface area contributed by atoms with Gasteiger partial charge in [0.25, 0.3) is 0 Å². The van der Waals surface area contributed by atoms with Crippen LogP contribution >= 0.6 is 0 Å². The molecule has 0 aromatic carbocycles. The van der Waals surface area contributed by atoms with Crippen LogP contribution in [0.25, 0.3) is 0 Å². The minimum atomic E-state index is 0.524. The number of nitrogens with one attached hydrogen (secondary N) is 1. The number of hydrogen-bond acceptors (Lipinski definition) is 3. The van der Waals surface area contributed by atoms with Crippen molar-refractivity contribution in [3.8, 4) is 0 Å². The van der Waals surface area contributed by atoms with Gasteiger partial charge in [0, 0.05) is 7.11 Å². The first-order chi connectivity index (χ1) is 6.93. The van der Waals surface area contributed by atoms with Gasteiger partial charge in [-0.1, -0.05) is 27.7 Å². The maximum absolute atomic E-state index is 5.15. The van der Waals surface area contributed by atoms with Crippen LogP contribution < -0.4 is 11.1 Å². The lowest BCUT2D eigenvalue weighted by atomic mass is 10.1. The van der Waals surface area contributed by atoms with Crippen molar-refractivity contribution in [1.82, 2.24) is 5.32 Å². The van der Waals surface area contributed by atoms with E-state index in [1.165, 1.54) is 19.9 Å². The molecule has 0 aromatic rings. The second kappa shape index (κ2) is 23.1. The van der Waals surface area contributed by atoms with Crippen molar-refractivity contribution in [1.29, 1.82) is 0 Å². The van der Waals surface area contributed by atoms with E-state index in [4.69, 9.17) is 4.74 Å². The maximum Gasteiger partial charge on any atom is 0.0595 e. The van der Waals surface area contributed by atoms with Crippen molar-refractivity contribution in [2.24, 2.45) is 5.73 Å². The van der Waals surface area contributed by atoms with Crippen LogP contribution in [0.15, 0.2) is 0 Å². The van der Waals surface area contributed by atoms with Gasteiger partial charge in [-0.15, -0.1) is 0 Å². The smallest absolute Gasteiger partial charge is 0.0595 e. The molecule has 1 heterocycles. The molecule has 0 spiro atoms. The average molecular weight is 206 g/mol. The standard InChI is InChI=1S/C6H13NO.2C2H6.CH5N/c1-8-6-2-4-7-5-3-6;3*1-2/h6-7H,2-5H2,1H3;2*1-2H3;2H2,1H3. The van der Waals surface area contributed by atoms with E-state index in [0.717, 1.165) is 13.1 Å². The van der Waals surface area contributed by atoms with Gasteiger partial charge in [0.2, 0.25) is 0 Å². The SMILES string of the molecule is CC.CC.CN.COC1CCNCC1. The molecule has 90 valence electrons. The molecule has 0 unspecified atom stereocenters. The fourth-order valence-corrected chi connectivity index (χ4v) is 1.03. The van der Waals surface area contributed by atoms with Gasteiger partial charge in [-0.3, -0.25) is 0 Å². The third-order valence-corrected chi connectivity index (χ3v) is 1.62. The van der Waals surface area contributed by atoms with Crippen LogP contribution in [0.1, 0.15) is 40.5 Å². The second-order valence-electron chi connectivity index (χ2n) is 2.19. The van der Waals surface area contributed by atoms with E-state index in [2.05, 4.69) is 11.1 Å². The van der Waals surface area contributed by atoms with Gasteiger partial charge in [0.05, 0.1) is 6.10 Å². The van der Waals surface area contributed by atoms with E-state index in [0.29, 0.717) is 6.10 Å². The predicted molar refractivity (Wildman–Crippen MR) is 65.7 cm³/mol. The lowest BCUT2D eigenvalue weighted by molar-refractivity contribution is 0.0765. The summed E-state index contributed by atoms with van der Waals surface area (Å²) >= 11 is 0. The van der Waals surface area contributed by atoms with Gasteiger partial charge < -0.3 is 15.8 Å². The molecule has 0 aliphatic carbocycles. The second-order valence-corrected chi connectivity index (χ2v) is 2.19. The molecular formula is C11H30N2O. The molecule has 3 N–H and O–H groups in total. The number of nitrogens with two attached hydrogens (primary N) is 1. The zero-order valence-electron chi connectivity index (χ0n) is 10.9. The first kappa shape index (κ1) is 19.5. The molecule has 1 rings (SSSR count). The molecule has 0 saturated carbocycles. The lowest BCUT2D eigenvalue weighted by Crippen LogP contribution is -2.31. The van der Waals surface area contributed by atoms with E-state index in [1.54, 1.807) is 7.11 Å². The van der Waals surface area contributed by atoms with Crippen LogP contribution in [0, 0.1) is 0 Å². The summed E-state index contributed by atoms with van der Waals surface area (Å²) in [6, 6.07) is 0. The third kappa shape index (κ3) is 14.4. The highest BCUT2D eigenvalue weighted by Gasteiger charge is 2.09. The number of rotatable bonds is 1. The molecule has 14 heavy (non-hydrogen) atoms. The Kier molecular flexibility index (Phi) is 32.0. The van der Waals surface area contributed by atoms with Gasteiger partial charge in [-0.25, -0.2) is 0 Å². The molecule has 0 bridgehead atoms. The Hall–Kier alpha value is -0.120. The zero-order chi connectivity index (χ0) is 11.8. The first-order valence-corrected chi connectivity index (χ1v) is 5.74. The summed E-state index contributed by atoms with van der Waals surface area (Å²) in [7, 11) is 3.29. The number of ether oxygens (including phenoxy) is 1. The molecule has 1 saturated heterocycles. The van der Waals surface area contributed by atoms with Crippen LogP contribution in [-0.4, -0.2) is 33.4 Å². The molecule has 1 aliphatic heterocycles. The highest BCUT2D eigenvalue weighted by atomic mass is 16.5. The van der Waals surface area contributed by atoms with Crippen LogP contribution in [0.5, 0.6) is 0 Å². The molecule has 1 fully saturated rings. The largest absolute Gasteiger partial charge is 0.381 e. The Morgan fingerprint density at radius 3 is 1.57 bits per heavy atom. The summed E-state index contributed by atoms with van der Waals surface area (Å²) in [6.45, 7) is 10.2. The maximum atomic E-state index is 5.15. The van der Waals surface area contributed by atoms with Crippen LogP contribution in [-0.2, 0) is 4.74 Å². The third-order valence-electron chi connectivity index (χ3n) is 1.62.